The Labute approximate surface area is 90.1 Å². The molecule has 1 aromatic rings. The summed E-state index contributed by atoms with van der Waals surface area (Å²) in [6.45, 7) is 2.33. The highest BCUT2D eigenvalue weighted by molar-refractivity contribution is 5.25. The van der Waals surface area contributed by atoms with Crippen molar-refractivity contribution < 1.29 is 9.84 Å². The van der Waals surface area contributed by atoms with Gasteiger partial charge in [0.1, 0.15) is 5.60 Å². The lowest BCUT2D eigenvalue weighted by Gasteiger charge is -2.27. The van der Waals surface area contributed by atoms with Gasteiger partial charge in [0.15, 0.2) is 0 Å². The van der Waals surface area contributed by atoms with Gasteiger partial charge >= 0.3 is 0 Å². The van der Waals surface area contributed by atoms with Crippen molar-refractivity contribution in [2.75, 3.05) is 13.7 Å². The van der Waals surface area contributed by atoms with E-state index >= 15 is 0 Å². The third-order valence-corrected chi connectivity index (χ3v) is 2.99. The molecule has 2 rings (SSSR count). The summed E-state index contributed by atoms with van der Waals surface area (Å²) in [5.41, 5.74) is 1.11. The van der Waals surface area contributed by atoms with Gasteiger partial charge in [-0.1, -0.05) is 6.07 Å². The van der Waals surface area contributed by atoms with Crippen molar-refractivity contribution in [1.82, 2.24) is 4.98 Å². The van der Waals surface area contributed by atoms with Crippen LogP contribution in [0.1, 0.15) is 24.0 Å². The third kappa shape index (κ3) is 2.03. The molecule has 0 saturated heterocycles. The highest BCUT2D eigenvalue weighted by atomic mass is 16.5. The molecule has 0 amide bonds. The molecule has 0 bridgehead atoms. The monoisotopic (exact) mass is 207 g/mol. The minimum Gasteiger partial charge on any atom is -0.382 e. The molecule has 1 aromatic heterocycles. The van der Waals surface area contributed by atoms with Crippen molar-refractivity contribution in [1.29, 1.82) is 0 Å². The topological polar surface area (TPSA) is 42.4 Å². The molecule has 1 aliphatic carbocycles. The Hall–Kier alpha value is -0.930. The van der Waals surface area contributed by atoms with Crippen molar-refractivity contribution in [2.24, 2.45) is 5.92 Å². The van der Waals surface area contributed by atoms with Crippen LogP contribution in [0.2, 0.25) is 0 Å². The number of rotatable bonds is 4. The maximum Gasteiger partial charge on any atom is 0.117 e. The molecule has 0 spiro atoms. The number of aliphatic hydroxyl groups is 1. The number of pyridine rings is 1. The van der Waals surface area contributed by atoms with E-state index in [1.165, 1.54) is 0 Å². The Kier molecular flexibility index (Phi) is 2.76. The molecule has 1 saturated carbocycles. The lowest BCUT2D eigenvalue weighted by Crippen LogP contribution is -2.33. The number of nitrogens with zero attached hydrogens (tertiary/aromatic N) is 1. The predicted molar refractivity (Wildman–Crippen MR) is 57.5 cm³/mol. The van der Waals surface area contributed by atoms with Crippen LogP contribution >= 0.6 is 0 Å². The first kappa shape index (κ1) is 10.6. The first-order valence-electron chi connectivity index (χ1n) is 5.30. The first-order chi connectivity index (χ1) is 7.16. The third-order valence-electron chi connectivity index (χ3n) is 2.99. The number of aromatic nitrogens is 1. The van der Waals surface area contributed by atoms with E-state index in [-0.39, 0.29) is 0 Å². The van der Waals surface area contributed by atoms with E-state index in [1.807, 2.05) is 13.0 Å². The Morgan fingerprint density at radius 3 is 2.80 bits per heavy atom. The molecule has 82 valence electrons. The van der Waals surface area contributed by atoms with Gasteiger partial charge in [-0.05, 0) is 31.2 Å². The summed E-state index contributed by atoms with van der Waals surface area (Å²) < 4.78 is 5.12. The van der Waals surface area contributed by atoms with E-state index in [0.29, 0.717) is 12.5 Å². The Bertz CT molecular complexity index is 349. The molecule has 1 heterocycles. The normalized spacial score (nSPS) is 19.9. The lowest BCUT2D eigenvalue weighted by molar-refractivity contribution is -0.0535. The quantitative estimate of drug-likeness (QED) is 0.816. The molecule has 1 fully saturated rings. The highest BCUT2D eigenvalue weighted by Gasteiger charge is 2.45. The summed E-state index contributed by atoms with van der Waals surface area (Å²) in [5.74, 6) is 0.334. The van der Waals surface area contributed by atoms with E-state index in [2.05, 4.69) is 4.98 Å². The van der Waals surface area contributed by atoms with Gasteiger partial charge in [0.25, 0.3) is 0 Å². The molecule has 0 aromatic carbocycles. The average Bonchev–Trinajstić information content (AvgIpc) is 3.01. The average molecular weight is 207 g/mol. The van der Waals surface area contributed by atoms with Crippen LogP contribution in [-0.4, -0.2) is 23.8 Å². The minimum atomic E-state index is -0.840. The number of methoxy groups -OCH3 is 1. The number of hydrogen-bond donors (Lipinski definition) is 1. The van der Waals surface area contributed by atoms with Crippen molar-refractivity contribution in [3.8, 4) is 0 Å². The van der Waals surface area contributed by atoms with E-state index < -0.39 is 5.60 Å². The number of ether oxygens (including phenoxy) is 1. The highest BCUT2D eigenvalue weighted by Crippen LogP contribution is 2.45. The van der Waals surface area contributed by atoms with Crippen LogP contribution in [0.25, 0.3) is 0 Å². The zero-order valence-electron chi connectivity index (χ0n) is 9.23. The molecule has 0 radical (unpaired) electrons. The van der Waals surface area contributed by atoms with Gasteiger partial charge in [0.05, 0.1) is 6.61 Å². The van der Waals surface area contributed by atoms with Gasteiger partial charge in [-0.3, -0.25) is 4.98 Å². The molecule has 1 unspecified atom stereocenters. The van der Waals surface area contributed by atoms with Gasteiger partial charge in [0, 0.05) is 25.1 Å². The number of aryl methyl sites for hydroxylation is 1. The van der Waals surface area contributed by atoms with Crippen molar-refractivity contribution >= 4 is 0 Å². The molecule has 0 aliphatic heterocycles. The van der Waals surface area contributed by atoms with E-state index in [1.54, 1.807) is 19.5 Å². The maximum absolute atomic E-state index is 10.6. The summed E-state index contributed by atoms with van der Waals surface area (Å²) in [6.07, 6.45) is 5.69. The summed E-state index contributed by atoms with van der Waals surface area (Å²) in [7, 11) is 1.62. The SMILES string of the molecule is COCC(O)(c1cncc(C)c1)C1CC1. The molecule has 15 heavy (non-hydrogen) atoms. The second-order valence-corrected chi connectivity index (χ2v) is 4.38. The molecular weight excluding hydrogens is 190 g/mol. The molecule has 1 aliphatic rings. The summed E-state index contributed by atoms with van der Waals surface area (Å²) >= 11 is 0. The van der Waals surface area contributed by atoms with Gasteiger partial charge in [-0.25, -0.2) is 0 Å². The summed E-state index contributed by atoms with van der Waals surface area (Å²) in [4.78, 5) is 4.13. The maximum atomic E-state index is 10.6. The Morgan fingerprint density at radius 1 is 1.53 bits per heavy atom. The zero-order chi connectivity index (χ0) is 10.9. The van der Waals surface area contributed by atoms with Crippen LogP contribution in [0.3, 0.4) is 0 Å². The van der Waals surface area contributed by atoms with Crippen LogP contribution in [0.5, 0.6) is 0 Å². The van der Waals surface area contributed by atoms with Crippen molar-refractivity contribution in [2.45, 2.75) is 25.4 Å². The molecular formula is C12H17NO2. The van der Waals surface area contributed by atoms with Crippen LogP contribution in [0.15, 0.2) is 18.5 Å². The molecule has 1 atom stereocenters. The Balaban J connectivity index is 2.31. The molecule has 1 N–H and O–H groups in total. The second-order valence-electron chi connectivity index (χ2n) is 4.38. The van der Waals surface area contributed by atoms with Crippen molar-refractivity contribution in [3.05, 3.63) is 29.6 Å². The summed E-state index contributed by atoms with van der Waals surface area (Å²) in [5, 5.41) is 10.6. The van der Waals surface area contributed by atoms with Gasteiger partial charge in [0.2, 0.25) is 0 Å². The fourth-order valence-corrected chi connectivity index (χ4v) is 2.01. The largest absolute Gasteiger partial charge is 0.382 e. The smallest absolute Gasteiger partial charge is 0.117 e. The van der Waals surface area contributed by atoms with E-state index in [4.69, 9.17) is 4.74 Å². The van der Waals surface area contributed by atoms with Crippen LogP contribution in [0, 0.1) is 12.8 Å². The summed E-state index contributed by atoms with van der Waals surface area (Å²) in [6, 6.07) is 1.99. The van der Waals surface area contributed by atoms with Gasteiger partial charge in [-0.2, -0.15) is 0 Å². The fraction of sp³-hybridized carbons (Fsp3) is 0.583. The lowest BCUT2D eigenvalue weighted by atomic mass is 9.90. The molecule has 3 nitrogen and oxygen atoms in total. The van der Waals surface area contributed by atoms with Gasteiger partial charge in [-0.15, -0.1) is 0 Å². The van der Waals surface area contributed by atoms with Crippen LogP contribution < -0.4 is 0 Å². The van der Waals surface area contributed by atoms with Crippen molar-refractivity contribution in [3.63, 3.8) is 0 Å². The van der Waals surface area contributed by atoms with Gasteiger partial charge < -0.3 is 9.84 Å². The standard InChI is InChI=1S/C12H17NO2/c1-9-5-11(7-13-6-9)12(14,8-15-2)10-3-4-10/h5-7,10,14H,3-4,8H2,1-2H3. The zero-order valence-corrected chi connectivity index (χ0v) is 9.23. The molecule has 3 heteroatoms. The minimum absolute atomic E-state index is 0.334. The van der Waals surface area contributed by atoms with Crippen LogP contribution in [-0.2, 0) is 10.3 Å². The second kappa shape index (κ2) is 3.91. The Morgan fingerprint density at radius 2 is 2.27 bits per heavy atom. The number of hydrogen-bond acceptors (Lipinski definition) is 3. The van der Waals surface area contributed by atoms with E-state index in [0.717, 1.165) is 24.0 Å². The fourth-order valence-electron chi connectivity index (χ4n) is 2.01. The van der Waals surface area contributed by atoms with E-state index in [9.17, 15) is 5.11 Å². The first-order valence-corrected chi connectivity index (χ1v) is 5.30. The predicted octanol–water partition coefficient (Wildman–Crippen LogP) is 1.63. The van der Waals surface area contributed by atoms with Crippen LogP contribution in [0.4, 0.5) is 0 Å².